The van der Waals surface area contributed by atoms with Gasteiger partial charge in [-0.05, 0) is 83.4 Å². The normalized spacial score (nSPS) is 11.3. The van der Waals surface area contributed by atoms with E-state index in [9.17, 15) is 31.5 Å². The molecule has 0 aliphatic rings. The van der Waals surface area contributed by atoms with Crippen molar-refractivity contribution in [2.75, 3.05) is 4.72 Å². The zero-order chi connectivity index (χ0) is 35.4. The van der Waals surface area contributed by atoms with Gasteiger partial charge in [-0.25, -0.2) is 18.0 Å². The molecule has 0 radical (unpaired) electrons. The van der Waals surface area contributed by atoms with Crippen molar-refractivity contribution >= 4 is 55.9 Å². The number of fused-ring (bicyclic) bond motifs is 1. The average molecular weight is 700 g/mol. The minimum atomic E-state index is -5.08. The molecule has 0 amide bonds. The van der Waals surface area contributed by atoms with Crippen LogP contribution < -0.4 is 15.2 Å². The van der Waals surface area contributed by atoms with Crippen molar-refractivity contribution in [3.05, 3.63) is 119 Å². The molecule has 5 rings (SSSR count). The molecule has 0 aliphatic carbocycles. The maximum Gasteiger partial charge on any atom is 0.490 e. The van der Waals surface area contributed by atoms with Crippen molar-refractivity contribution in [2.45, 2.75) is 18.0 Å². The zero-order valence-electron chi connectivity index (χ0n) is 24.7. The summed E-state index contributed by atoms with van der Waals surface area (Å²) < 4.78 is 66.8. The van der Waals surface area contributed by atoms with E-state index in [1.165, 1.54) is 30.3 Å². The number of ether oxygens (including phenoxy) is 1. The van der Waals surface area contributed by atoms with E-state index in [0.29, 0.717) is 33.2 Å². The molecule has 0 aromatic heterocycles. The van der Waals surface area contributed by atoms with Gasteiger partial charge in [-0.1, -0.05) is 54.1 Å². The van der Waals surface area contributed by atoms with Crippen LogP contribution >= 0.6 is 11.6 Å². The topological polar surface area (TPSA) is 180 Å². The van der Waals surface area contributed by atoms with Gasteiger partial charge in [0.2, 0.25) is 0 Å². The van der Waals surface area contributed by atoms with Crippen LogP contribution in [-0.4, -0.2) is 42.6 Å². The lowest BCUT2D eigenvalue weighted by molar-refractivity contribution is -0.192. The summed E-state index contributed by atoms with van der Waals surface area (Å²) in [5.74, 6) is -3.13. The summed E-state index contributed by atoms with van der Waals surface area (Å²) >= 11 is 6.15. The Morgan fingerprint density at radius 2 is 1.52 bits per heavy atom. The van der Waals surface area contributed by atoms with Gasteiger partial charge in [0.15, 0.2) is 0 Å². The molecular weight excluding hydrogens is 675 g/mol. The standard InChI is InChI=1S/C31H24ClN3O5S.C2HF3O2/c1-18-6-12-24(17-28(18)32)41(38,39)35-22-10-13-29(27(16-22)25-4-2-3-5-26(25)31(36)37)40-23-11-9-19-14-21(30(33)34)8-7-20(19)15-23;3-2(4,5)1(6)7/h2-17,35H,1H3,(H3,33,34)(H,36,37);(H,6,7). The van der Waals surface area contributed by atoms with E-state index in [0.717, 1.165) is 16.3 Å². The van der Waals surface area contributed by atoms with Crippen LogP contribution in [-0.2, 0) is 14.8 Å². The molecule has 48 heavy (non-hydrogen) atoms. The van der Waals surface area contributed by atoms with E-state index in [4.69, 9.17) is 37.4 Å². The number of hydrogen-bond donors (Lipinski definition) is 5. The molecule has 0 heterocycles. The summed E-state index contributed by atoms with van der Waals surface area (Å²) in [5.41, 5.74) is 7.91. The first kappa shape index (κ1) is 35.3. The molecule has 0 unspecified atom stereocenters. The number of nitrogens with two attached hydrogens (primary N) is 1. The molecule has 5 aromatic carbocycles. The summed E-state index contributed by atoms with van der Waals surface area (Å²) in [7, 11) is -4.00. The summed E-state index contributed by atoms with van der Waals surface area (Å²) in [6, 6.07) is 26.3. The van der Waals surface area contributed by atoms with Gasteiger partial charge in [0.1, 0.15) is 17.3 Å². The zero-order valence-corrected chi connectivity index (χ0v) is 26.2. The Morgan fingerprint density at radius 3 is 2.15 bits per heavy atom. The van der Waals surface area contributed by atoms with Crippen LogP contribution in [0.5, 0.6) is 11.5 Å². The number of halogens is 4. The summed E-state index contributed by atoms with van der Waals surface area (Å²) in [6.07, 6.45) is -5.08. The highest BCUT2D eigenvalue weighted by Gasteiger charge is 2.38. The van der Waals surface area contributed by atoms with Crippen molar-refractivity contribution in [1.82, 2.24) is 0 Å². The number of sulfonamides is 1. The van der Waals surface area contributed by atoms with Crippen LogP contribution in [0.15, 0.2) is 102 Å². The first-order valence-corrected chi connectivity index (χ1v) is 15.4. The molecule has 0 spiro atoms. The molecule has 0 aliphatic heterocycles. The molecule has 0 saturated carbocycles. The second kappa shape index (κ2) is 14.0. The average Bonchev–Trinajstić information content (AvgIpc) is 3.02. The van der Waals surface area contributed by atoms with E-state index in [1.54, 1.807) is 55.5 Å². The summed E-state index contributed by atoms with van der Waals surface area (Å²) in [6.45, 7) is 1.77. The minimum absolute atomic E-state index is 0.00925. The van der Waals surface area contributed by atoms with Gasteiger partial charge in [-0.3, -0.25) is 10.1 Å². The Balaban J connectivity index is 0.000000671. The molecule has 0 saturated heterocycles. The number of anilines is 1. The van der Waals surface area contributed by atoms with Crippen molar-refractivity contribution in [3.63, 3.8) is 0 Å². The highest BCUT2D eigenvalue weighted by Crippen LogP contribution is 2.38. The molecule has 15 heteroatoms. The van der Waals surface area contributed by atoms with Gasteiger partial charge in [0.25, 0.3) is 10.0 Å². The number of alkyl halides is 3. The van der Waals surface area contributed by atoms with E-state index >= 15 is 0 Å². The maximum absolute atomic E-state index is 13.1. The minimum Gasteiger partial charge on any atom is -0.478 e. The number of amidine groups is 1. The quantitative estimate of drug-likeness (QED) is 0.0808. The molecule has 0 atom stereocenters. The van der Waals surface area contributed by atoms with Crippen molar-refractivity contribution in [2.24, 2.45) is 5.73 Å². The van der Waals surface area contributed by atoms with Crippen LogP contribution in [0.4, 0.5) is 18.9 Å². The second-order valence-electron chi connectivity index (χ2n) is 10.1. The first-order valence-electron chi connectivity index (χ1n) is 13.6. The third-order valence-electron chi connectivity index (χ3n) is 6.73. The van der Waals surface area contributed by atoms with Gasteiger partial charge in [-0.2, -0.15) is 13.2 Å². The highest BCUT2D eigenvalue weighted by atomic mass is 35.5. The fourth-order valence-corrected chi connectivity index (χ4v) is 5.65. The van der Waals surface area contributed by atoms with Crippen LogP contribution in [0, 0.1) is 12.3 Å². The van der Waals surface area contributed by atoms with Crippen molar-refractivity contribution < 1.29 is 46.1 Å². The van der Waals surface area contributed by atoms with Crippen LogP contribution in [0.25, 0.3) is 21.9 Å². The molecule has 10 nitrogen and oxygen atoms in total. The van der Waals surface area contributed by atoms with Gasteiger partial charge in [0.05, 0.1) is 10.5 Å². The van der Waals surface area contributed by atoms with Crippen molar-refractivity contribution in [1.29, 1.82) is 5.41 Å². The summed E-state index contributed by atoms with van der Waals surface area (Å²) in [5, 5.41) is 26.7. The lowest BCUT2D eigenvalue weighted by Gasteiger charge is -2.16. The molecule has 248 valence electrons. The fraction of sp³-hybridized carbons (Fsp3) is 0.0606. The number of benzene rings is 5. The Labute approximate surface area is 276 Å². The van der Waals surface area contributed by atoms with E-state index in [1.807, 2.05) is 18.2 Å². The van der Waals surface area contributed by atoms with Crippen molar-refractivity contribution in [3.8, 4) is 22.6 Å². The largest absolute Gasteiger partial charge is 0.490 e. The van der Waals surface area contributed by atoms with Crippen LogP contribution in [0.3, 0.4) is 0 Å². The van der Waals surface area contributed by atoms with Gasteiger partial charge >= 0.3 is 18.1 Å². The number of carbonyl (C=O) groups is 2. The first-order chi connectivity index (χ1) is 22.5. The number of hydrogen-bond acceptors (Lipinski definition) is 6. The Kier molecular flexibility index (Phi) is 10.3. The number of aryl methyl sites for hydroxylation is 1. The lowest BCUT2D eigenvalue weighted by Crippen LogP contribution is -2.21. The smallest absolute Gasteiger partial charge is 0.478 e. The molecule has 0 bridgehead atoms. The van der Waals surface area contributed by atoms with Crippen LogP contribution in [0.2, 0.25) is 5.02 Å². The van der Waals surface area contributed by atoms with E-state index < -0.39 is 28.1 Å². The third kappa shape index (κ3) is 8.40. The molecule has 0 fully saturated rings. The molecule has 5 aromatic rings. The Hall–Kier alpha value is -5.60. The third-order valence-corrected chi connectivity index (χ3v) is 8.51. The fourth-order valence-electron chi connectivity index (χ4n) is 4.33. The number of rotatable bonds is 8. The van der Waals surface area contributed by atoms with Gasteiger partial charge in [0, 0.05) is 21.8 Å². The Bertz CT molecular complexity index is 2170. The number of nitrogens with one attached hydrogen (secondary N) is 2. The lowest BCUT2D eigenvalue weighted by atomic mass is 9.98. The van der Waals surface area contributed by atoms with E-state index in [-0.39, 0.29) is 22.0 Å². The van der Waals surface area contributed by atoms with Gasteiger partial charge < -0.3 is 20.7 Å². The highest BCUT2D eigenvalue weighted by molar-refractivity contribution is 7.92. The predicted octanol–water partition coefficient (Wildman–Crippen LogP) is 7.68. The maximum atomic E-state index is 13.1. The number of aliphatic carboxylic acids is 1. The number of carboxylic acids is 2. The van der Waals surface area contributed by atoms with E-state index in [2.05, 4.69) is 4.72 Å². The molecular formula is C33H25ClF3N3O7S. The second-order valence-corrected chi connectivity index (χ2v) is 12.2. The number of nitrogen functional groups attached to an aromatic ring is 1. The summed E-state index contributed by atoms with van der Waals surface area (Å²) in [4.78, 5) is 20.9. The van der Waals surface area contributed by atoms with Crippen LogP contribution in [0.1, 0.15) is 21.5 Å². The SMILES string of the molecule is Cc1ccc(S(=O)(=O)Nc2ccc(Oc3ccc4cc(C(=N)N)ccc4c3)c(-c3ccccc3C(=O)O)c2)cc1Cl.O=C(O)C(F)(F)F. The predicted molar refractivity (Wildman–Crippen MR) is 175 cm³/mol. The number of aromatic carboxylic acids is 1. The van der Waals surface area contributed by atoms with Gasteiger partial charge in [-0.15, -0.1) is 0 Å². The number of carboxylic acid groups (broad SMARTS) is 2. The Morgan fingerprint density at radius 1 is 0.875 bits per heavy atom. The molecule has 6 N–H and O–H groups in total. The monoisotopic (exact) mass is 699 g/mol.